The Kier molecular flexibility index (Phi) is 6.49. The lowest BCUT2D eigenvalue weighted by Crippen LogP contribution is -2.09. The molecule has 0 aliphatic carbocycles. The maximum absolute atomic E-state index is 13.3. The SMILES string of the molecule is CCOC(=O)CCC(=O)CSc1cc(F)ccc1F. The number of hydrogen-bond acceptors (Lipinski definition) is 4. The first-order valence-electron chi connectivity index (χ1n) is 5.78. The number of ether oxygens (including phenoxy) is 1. The largest absolute Gasteiger partial charge is 0.466 e. The highest BCUT2D eigenvalue weighted by Crippen LogP contribution is 2.23. The number of hydrogen-bond donors (Lipinski definition) is 0. The first-order valence-corrected chi connectivity index (χ1v) is 6.76. The van der Waals surface area contributed by atoms with Crippen molar-refractivity contribution in [3.63, 3.8) is 0 Å². The third kappa shape index (κ3) is 5.83. The fourth-order valence-electron chi connectivity index (χ4n) is 1.29. The summed E-state index contributed by atoms with van der Waals surface area (Å²) in [6.45, 7) is 1.96. The monoisotopic (exact) mass is 288 g/mol. The van der Waals surface area contributed by atoms with E-state index >= 15 is 0 Å². The van der Waals surface area contributed by atoms with Gasteiger partial charge in [0.1, 0.15) is 17.4 Å². The van der Waals surface area contributed by atoms with Crippen molar-refractivity contribution < 1.29 is 23.1 Å². The molecule has 0 amide bonds. The number of Topliss-reactive ketones (excluding diaryl/α,β-unsaturated/α-hetero) is 1. The summed E-state index contributed by atoms with van der Waals surface area (Å²) in [7, 11) is 0. The molecule has 6 heteroatoms. The van der Waals surface area contributed by atoms with E-state index in [1.165, 1.54) is 0 Å². The highest BCUT2D eigenvalue weighted by atomic mass is 32.2. The van der Waals surface area contributed by atoms with E-state index in [2.05, 4.69) is 4.74 Å². The van der Waals surface area contributed by atoms with Crippen LogP contribution in [0.5, 0.6) is 0 Å². The number of halogens is 2. The molecule has 0 aromatic heterocycles. The Hall–Kier alpha value is -1.43. The van der Waals surface area contributed by atoms with Gasteiger partial charge in [-0.15, -0.1) is 11.8 Å². The summed E-state index contributed by atoms with van der Waals surface area (Å²) < 4.78 is 30.8. The number of ketones is 1. The molecule has 0 N–H and O–H groups in total. The van der Waals surface area contributed by atoms with Gasteiger partial charge in [0.05, 0.1) is 18.8 Å². The molecule has 0 saturated heterocycles. The fraction of sp³-hybridized carbons (Fsp3) is 0.385. The van der Waals surface area contributed by atoms with Gasteiger partial charge in [0.25, 0.3) is 0 Å². The first kappa shape index (κ1) is 15.6. The second-order valence-corrected chi connectivity index (χ2v) is 4.72. The highest BCUT2D eigenvalue weighted by Gasteiger charge is 2.10. The molecule has 0 bridgehead atoms. The average molecular weight is 288 g/mol. The maximum atomic E-state index is 13.3. The standard InChI is InChI=1S/C13H14F2O3S/c1-2-18-13(17)6-4-10(16)8-19-12-7-9(14)3-5-11(12)15/h3,5,7H,2,4,6,8H2,1H3. The number of thioether (sulfide) groups is 1. The van der Waals surface area contributed by atoms with Crippen LogP contribution in [0.25, 0.3) is 0 Å². The third-order valence-electron chi connectivity index (χ3n) is 2.20. The van der Waals surface area contributed by atoms with Crippen molar-refractivity contribution in [3.05, 3.63) is 29.8 Å². The molecule has 0 unspecified atom stereocenters. The fourth-order valence-corrected chi connectivity index (χ4v) is 2.16. The number of carbonyl (C=O) groups excluding carboxylic acids is 2. The van der Waals surface area contributed by atoms with Crippen LogP contribution < -0.4 is 0 Å². The quantitative estimate of drug-likeness (QED) is 0.571. The van der Waals surface area contributed by atoms with Crippen LogP contribution >= 0.6 is 11.8 Å². The van der Waals surface area contributed by atoms with Crippen molar-refractivity contribution >= 4 is 23.5 Å². The summed E-state index contributed by atoms with van der Waals surface area (Å²) in [6, 6.07) is 3.07. The molecule has 0 aliphatic heterocycles. The molecule has 0 heterocycles. The van der Waals surface area contributed by atoms with Gasteiger partial charge in [0.15, 0.2) is 0 Å². The van der Waals surface area contributed by atoms with Gasteiger partial charge in [-0.05, 0) is 25.1 Å². The van der Waals surface area contributed by atoms with Crippen LogP contribution in [0.1, 0.15) is 19.8 Å². The molecule has 0 aliphatic rings. The van der Waals surface area contributed by atoms with Crippen LogP contribution in [-0.4, -0.2) is 24.1 Å². The van der Waals surface area contributed by atoms with E-state index in [9.17, 15) is 18.4 Å². The van der Waals surface area contributed by atoms with Crippen molar-refractivity contribution in [1.82, 2.24) is 0 Å². The molecular weight excluding hydrogens is 274 g/mol. The van der Waals surface area contributed by atoms with Crippen LogP contribution in [0, 0.1) is 11.6 Å². The van der Waals surface area contributed by atoms with Crippen molar-refractivity contribution in [2.24, 2.45) is 0 Å². The molecule has 1 rings (SSSR count). The number of benzene rings is 1. The van der Waals surface area contributed by atoms with E-state index < -0.39 is 17.6 Å². The smallest absolute Gasteiger partial charge is 0.306 e. The zero-order valence-electron chi connectivity index (χ0n) is 10.4. The Morgan fingerprint density at radius 3 is 2.68 bits per heavy atom. The van der Waals surface area contributed by atoms with Crippen LogP contribution in [-0.2, 0) is 14.3 Å². The van der Waals surface area contributed by atoms with Crippen molar-refractivity contribution in [1.29, 1.82) is 0 Å². The Morgan fingerprint density at radius 1 is 1.26 bits per heavy atom. The van der Waals surface area contributed by atoms with Crippen molar-refractivity contribution in [2.45, 2.75) is 24.7 Å². The molecule has 0 fully saturated rings. The maximum Gasteiger partial charge on any atom is 0.306 e. The van der Waals surface area contributed by atoms with Crippen LogP contribution in [0.2, 0.25) is 0 Å². The second kappa shape index (κ2) is 7.89. The molecule has 1 aromatic rings. The van der Waals surface area contributed by atoms with E-state index in [4.69, 9.17) is 0 Å². The van der Waals surface area contributed by atoms with E-state index in [1.54, 1.807) is 6.92 Å². The zero-order valence-corrected chi connectivity index (χ0v) is 11.3. The Labute approximate surface area is 114 Å². The first-order chi connectivity index (χ1) is 9.02. The van der Waals surface area contributed by atoms with Crippen molar-refractivity contribution in [3.8, 4) is 0 Å². The molecule has 0 spiro atoms. The van der Waals surface area contributed by atoms with E-state index in [1.807, 2.05) is 0 Å². The summed E-state index contributed by atoms with van der Waals surface area (Å²) >= 11 is 0.918. The molecular formula is C13H14F2O3S. The van der Waals surface area contributed by atoms with Crippen LogP contribution in [0.15, 0.2) is 23.1 Å². The van der Waals surface area contributed by atoms with Gasteiger partial charge in [-0.2, -0.15) is 0 Å². The molecule has 1 aromatic carbocycles. The summed E-state index contributed by atoms with van der Waals surface area (Å²) in [6.07, 6.45) is 0.0572. The summed E-state index contributed by atoms with van der Waals surface area (Å²) in [5.41, 5.74) is 0. The molecule has 3 nitrogen and oxygen atoms in total. The average Bonchev–Trinajstić information content (AvgIpc) is 2.38. The number of esters is 1. The lowest BCUT2D eigenvalue weighted by Gasteiger charge is -2.03. The minimum absolute atomic E-state index is 0.000220. The third-order valence-corrected chi connectivity index (χ3v) is 3.29. The summed E-state index contributed by atoms with van der Waals surface area (Å²) in [5, 5.41) is 0. The predicted octanol–water partition coefficient (Wildman–Crippen LogP) is 2.97. The van der Waals surface area contributed by atoms with E-state index in [0.717, 1.165) is 30.0 Å². The number of carbonyl (C=O) groups is 2. The van der Waals surface area contributed by atoms with Gasteiger partial charge in [-0.3, -0.25) is 9.59 Å². The zero-order chi connectivity index (χ0) is 14.3. The van der Waals surface area contributed by atoms with Crippen LogP contribution in [0.4, 0.5) is 8.78 Å². The highest BCUT2D eigenvalue weighted by molar-refractivity contribution is 8.00. The molecule has 104 valence electrons. The van der Waals surface area contributed by atoms with E-state index in [-0.39, 0.29) is 35.9 Å². The Bertz CT molecular complexity index is 463. The molecule has 0 atom stereocenters. The van der Waals surface area contributed by atoms with Gasteiger partial charge < -0.3 is 4.74 Å². The lowest BCUT2D eigenvalue weighted by atomic mass is 10.2. The minimum Gasteiger partial charge on any atom is -0.466 e. The minimum atomic E-state index is -0.565. The molecule has 19 heavy (non-hydrogen) atoms. The number of rotatable bonds is 7. The molecule has 0 radical (unpaired) electrons. The normalized spacial score (nSPS) is 10.3. The Morgan fingerprint density at radius 2 is 2.00 bits per heavy atom. The van der Waals surface area contributed by atoms with Gasteiger partial charge >= 0.3 is 5.97 Å². The summed E-state index contributed by atoms with van der Waals surface area (Å²) in [4.78, 5) is 22.6. The van der Waals surface area contributed by atoms with Gasteiger partial charge in [-0.25, -0.2) is 8.78 Å². The summed E-state index contributed by atoms with van der Waals surface area (Å²) in [5.74, 6) is -1.76. The predicted molar refractivity (Wildman–Crippen MR) is 68.0 cm³/mol. The van der Waals surface area contributed by atoms with Crippen molar-refractivity contribution in [2.75, 3.05) is 12.4 Å². The van der Waals surface area contributed by atoms with E-state index in [0.29, 0.717) is 0 Å². The van der Waals surface area contributed by atoms with Gasteiger partial charge in [0.2, 0.25) is 0 Å². The Balaban J connectivity index is 2.38. The van der Waals surface area contributed by atoms with Gasteiger partial charge in [0, 0.05) is 11.3 Å². The van der Waals surface area contributed by atoms with Gasteiger partial charge in [-0.1, -0.05) is 0 Å². The second-order valence-electron chi connectivity index (χ2n) is 3.71. The lowest BCUT2D eigenvalue weighted by molar-refractivity contribution is -0.144. The van der Waals surface area contributed by atoms with Crippen LogP contribution in [0.3, 0.4) is 0 Å². The molecule has 0 saturated carbocycles. The topological polar surface area (TPSA) is 43.4 Å².